The van der Waals surface area contributed by atoms with Gasteiger partial charge in [0.25, 0.3) is 0 Å². The lowest BCUT2D eigenvalue weighted by molar-refractivity contribution is -0.150. The van der Waals surface area contributed by atoms with E-state index in [-0.39, 0.29) is 17.8 Å². The first-order valence-electron chi connectivity index (χ1n) is 9.98. The van der Waals surface area contributed by atoms with Crippen LogP contribution in [0.5, 0.6) is 0 Å². The number of alkyl halides is 3. The molecule has 150 valence electrons. The van der Waals surface area contributed by atoms with Crippen LogP contribution in [0, 0.1) is 5.92 Å². The molecule has 1 saturated heterocycles. The monoisotopic (exact) mass is 383 g/mol. The Morgan fingerprint density at radius 3 is 2.30 bits per heavy atom. The molecule has 27 heavy (non-hydrogen) atoms. The molecule has 2 aliphatic rings. The van der Waals surface area contributed by atoms with Crippen LogP contribution in [0.2, 0.25) is 0 Å². The molecule has 3 rings (SSSR count). The average molecular weight is 383 g/mol. The van der Waals surface area contributed by atoms with Crippen molar-refractivity contribution in [1.29, 1.82) is 0 Å². The zero-order chi connectivity index (χ0) is 19.4. The van der Waals surface area contributed by atoms with Crippen molar-refractivity contribution in [1.82, 2.24) is 4.90 Å². The maximum Gasteiger partial charge on any atom is 0.416 e. The van der Waals surface area contributed by atoms with Gasteiger partial charge in [-0.2, -0.15) is 13.2 Å². The van der Waals surface area contributed by atoms with Gasteiger partial charge in [-0.05, 0) is 69.3 Å². The Hall–Kier alpha value is -1.56. The van der Waals surface area contributed by atoms with Gasteiger partial charge in [0.1, 0.15) is 0 Å². The molecule has 1 aliphatic heterocycles. The van der Waals surface area contributed by atoms with Crippen molar-refractivity contribution in [2.75, 3.05) is 19.7 Å². The van der Waals surface area contributed by atoms with E-state index in [0.717, 1.165) is 57.2 Å². The first-order chi connectivity index (χ1) is 12.9. The van der Waals surface area contributed by atoms with E-state index in [2.05, 4.69) is 4.90 Å². The number of nitrogens with zero attached hydrogens (tertiary/aromatic N) is 1. The van der Waals surface area contributed by atoms with Crippen molar-refractivity contribution < 1.29 is 22.7 Å². The minimum Gasteiger partial charge on any atom is -0.466 e. The van der Waals surface area contributed by atoms with Crippen molar-refractivity contribution in [2.45, 2.75) is 63.6 Å². The molecule has 0 spiro atoms. The standard InChI is InChI=1S/C21H28F3NO2/c1-2-27-20(26)16-11-13-25(14-12-16)19-6-4-3-5-18(19)15-7-9-17(10-8-15)21(22,23)24/h7-10,16,18-19H,2-6,11-14H2,1H3. The molecule has 1 saturated carbocycles. The van der Waals surface area contributed by atoms with E-state index in [1.54, 1.807) is 12.1 Å². The predicted molar refractivity (Wildman–Crippen MR) is 97.4 cm³/mol. The molecular formula is C21H28F3NO2. The first-order valence-corrected chi connectivity index (χ1v) is 9.98. The van der Waals surface area contributed by atoms with E-state index in [0.29, 0.717) is 12.6 Å². The maximum absolute atomic E-state index is 12.8. The van der Waals surface area contributed by atoms with Gasteiger partial charge in [0, 0.05) is 6.04 Å². The van der Waals surface area contributed by atoms with Gasteiger partial charge in [-0.3, -0.25) is 9.69 Å². The third-order valence-electron chi connectivity index (χ3n) is 6.01. The SMILES string of the molecule is CCOC(=O)C1CCN(C2CCCCC2c2ccc(C(F)(F)F)cc2)CC1. The molecule has 2 atom stereocenters. The normalized spacial score (nSPS) is 25.3. The summed E-state index contributed by atoms with van der Waals surface area (Å²) in [6.45, 7) is 3.94. The van der Waals surface area contributed by atoms with E-state index < -0.39 is 11.7 Å². The molecule has 3 nitrogen and oxygen atoms in total. The van der Waals surface area contributed by atoms with E-state index in [4.69, 9.17) is 4.74 Å². The van der Waals surface area contributed by atoms with Crippen LogP contribution in [0.25, 0.3) is 0 Å². The summed E-state index contributed by atoms with van der Waals surface area (Å²) in [4.78, 5) is 14.4. The lowest BCUT2D eigenvalue weighted by Gasteiger charge is -2.43. The highest BCUT2D eigenvalue weighted by molar-refractivity contribution is 5.72. The zero-order valence-corrected chi connectivity index (χ0v) is 15.8. The smallest absolute Gasteiger partial charge is 0.416 e. The molecule has 0 bridgehead atoms. The summed E-state index contributed by atoms with van der Waals surface area (Å²) in [7, 11) is 0. The molecule has 1 heterocycles. The van der Waals surface area contributed by atoms with Crippen molar-refractivity contribution >= 4 is 5.97 Å². The number of ether oxygens (including phenoxy) is 1. The summed E-state index contributed by atoms with van der Waals surface area (Å²) in [6, 6.07) is 6.05. The number of esters is 1. The number of rotatable bonds is 4. The van der Waals surface area contributed by atoms with E-state index in [1.807, 2.05) is 6.92 Å². The van der Waals surface area contributed by atoms with Crippen LogP contribution >= 0.6 is 0 Å². The maximum atomic E-state index is 12.8. The third kappa shape index (κ3) is 4.84. The van der Waals surface area contributed by atoms with Crippen molar-refractivity contribution in [3.8, 4) is 0 Å². The van der Waals surface area contributed by atoms with Crippen LogP contribution in [0.3, 0.4) is 0 Å². The number of carbonyl (C=O) groups excluding carboxylic acids is 1. The summed E-state index contributed by atoms with van der Waals surface area (Å²) in [6.07, 6.45) is 1.65. The fourth-order valence-corrected chi connectivity index (χ4v) is 4.58. The number of carbonyl (C=O) groups is 1. The number of likely N-dealkylation sites (tertiary alicyclic amines) is 1. The molecule has 1 aliphatic carbocycles. The summed E-state index contributed by atoms with van der Waals surface area (Å²) < 4.78 is 43.7. The minimum atomic E-state index is -4.29. The fraction of sp³-hybridized carbons (Fsp3) is 0.667. The highest BCUT2D eigenvalue weighted by Gasteiger charge is 2.36. The predicted octanol–water partition coefficient (Wildman–Crippen LogP) is 5.01. The Balaban J connectivity index is 1.67. The third-order valence-corrected chi connectivity index (χ3v) is 6.01. The lowest BCUT2D eigenvalue weighted by atomic mass is 9.78. The quantitative estimate of drug-likeness (QED) is 0.685. The summed E-state index contributed by atoms with van der Waals surface area (Å²) in [5.41, 5.74) is 0.411. The average Bonchev–Trinajstić information content (AvgIpc) is 2.68. The van der Waals surface area contributed by atoms with Crippen LogP contribution in [0.15, 0.2) is 24.3 Å². The van der Waals surface area contributed by atoms with Crippen molar-refractivity contribution in [3.63, 3.8) is 0 Å². The van der Waals surface area contributed by atoms with Gasteiger partial charge in [0.05, 0.1) is 18.1 Å². The van der Waals surface area contributed by atoms with Gasteiger partial charge >= 0.3 is 12.1 Å². The second-order valence-electron chi connectivity index (χ2n) is 7.64. The Kier molecular flexibility index (Phi) is 6.45. The Labute approximate surface area is 158 Å². The molecule has 2 unspecified atom stereocenters. The highest BCUT2D eigenvalue weighted by atomic mass is 19.4. The van der Waals surface area contributed by atoms with Crippen molar-refractivity contribution in [3.05, 3.63) is 35.4 Å². The topological polar surface area (TPSA) is 29.5 Å². The van der Waals surface area contributed by atoms with Gasteiger partial charge in [-0.1, -0.05) is 25.0 Å². The second kappa shape index (κ2) is 8.63. The number of halogens is 3. The lowest BCUT2D eigenvalue weighted by Crippen LogP contribution is -2.46. The van der Waals surface area contributed by atoms with Gasteiger partial charge < -0.3 is 4.74 Å². The van der Waals surface area contributed by atoms with E-state index in [1.165, 1.54) is 12.1 Å². The molecule has 6 heteroatoms. The van der Waals surface area contributed by atoms with Crippen LogP contribution in [0.1, 0.15) is 62.5 Å². The second-order valence-corrected chi connectivity index (χ2v) is 7.64. The number of piperidine rings is 1. The summed E-state index contributed by atoms with van der Waals surface area (Å²) in [5.74, 6) is 0.148. The van der Waals surface area contributed by atoms with Gasteiger partial charge in [0.15, 0.2) is 0 Å². The number of benzene rings is 1. The van der Waals surface area contributed by atoms with Crippen LogP contribution in [-0.4, -0.2) is 36.6 Å². The number of hydrogen-bond donors (Lipinski definition) is 0. The molecule has 2 fully saturated rings. The largest absolute Gasteiger partial charge is 0.466 e. The Bertz CT molecular complexity index is 621. The minimum absolute atomic E-state index is 0.0192. The van der Waals surface area contributed by atoms with Crippen LogP contribution < -0.4 is 0 Å². The molecule has 1 aromatic carbocycles. The molecular weight excluding hydrogens is 355 g/mol. The van der Waals surface area contributed by atoms with E-state index in [9.17, 15) is 18.0 Å². The molecule has 0 aromatic heterocycles. The summed E-state index contributed by atoms with van der Waals surface area (Å²) >= 11 is 0. The molecule has 0 radical (unpaired) electrons. The Morgan fingerprint density at radius 1 is 1.07 bits per heavy atom. The van der Waals surface area contributed by atoms with Crippen molar-refractivity contribution in [2.24, 2.45) is 5.92 Å². The zero-order valence-electron chi connectivity index (χ0n) is 15.8. The van der Waals surface area contributed by atoms with Gasteiger partial charge in [-0.15, -0.1) is 0 Å². The highest BCUT2D eigenvalue weighted by Crippen LogP contribution is 2.39. The van der Waals surface area contributed by atoms with Crippen LogP contribution in [0.4, 0.5) is 13.2 Å². The summed E-state index contributed by atoms with van der Waals surface area (Å²) in [5, 5.41) is 0. The molecule has 1 aromatic rings. The van der Waals surface area contributed by atoms with E-state index >= 15 is 0 Å². The van der Waals surface area contributed by atoms with Gasteiger partial charge in [-0.25, -0.2) is 0 Å². The molecule has 0 N–H and O–H groups in total. The Morgan fingerprint density at radius 2 is 1.70 bits per heavy atom. The molecule has 0 amide bonds. The fourth-order valence-electron chi connectivity index (χ4n) is 4.58. The van der Waals surface area contributed by atoms with Gasteiger partial charge in [0.2, 0.25) is 0 Å². The first kappa shape index (κ1) is 20.2. The number of hydrogen-bond acceptors (Lipinski definition) is 3. The van der Waals surface area contributed by atoms with Crippen LogP contribution in [-0.2, 0) is 15.7 Å².